The first-order chi connectivity index (χ1) is 11.6. The van der Waals surface area contributed by atoms with Crippen LogP contribution in [-0.2, 0) is 13.0 Å². The molecule has 0 atom stereocenters. The number of hydrogen-bond donors (Lipinski definition) is 1. The van der Waals surface area contributed by atoms with Crippen molar-refractivity contribution in [2.45, 2.75) is 19.9 Å². The SMILES string of the molecule is CCOc1ccc(/C=N/c2sc3c(c2C#N)CCN(C)C3)c(O)c1. The molecule has 0 spiro atoms. The summed E-state index contributed by atoms with van der Waals surface area (Å²) in [4.78, 5) is 7.92. The van der Waals surface area contributed by atoms with Gasteiger partial charge in [-0.25, -0.2) is 4.99 Å². The summed E-state index contributed by atoms with van der Waals surface area (Å²) >= 11 is 1.56. The molecular weight excluding hydrogens is 322 g/mol. The fourth-order valence-corrected chi connectivity index (χ4v) is 3.96. The van der Waals surface area contributed by atoms with E-state index in [2.05, 4.69) is 23.0 Å². The van der Waals surface area contributed by atoms with Gasteiger partial charge in [0.15, 0.2) is 0 Å². The van der Waals surface area contributed by atoms with Gasteiger partial charge in [-0.05, 0) is 38.1 Å². The lowest BCUT2D eigenvalue weighted by Crippen LogP contribution is -2.25. The van der Waals surface area contributed by atoms with Gasteiger partial charge in [-0.15, -0.1) is 11.3 Å². The monoisotopic (exact) mass is 341 g/mol. The largest absolute Gasteiger partial charge is 0.507 e. The maximum Gasteiger partial charge on any atom is 0.134 e. The first-order valence-electron chi connectivity index (χ1n) is 7.85. The van der Waals surface area contributed by atoms with Gasteiger partial charge < -0.3 is 14.7 Å². The van der Waals surface area contributed by atoms with Gasteiger partial charge >= 0.3 is 0 Å². The predicted octanol–water partition coefficient (Wildman–Crippen LogP) is 3.46. The fourth-order valence-electron chi connectivity index (χ4n) is 2.74. The number of phenols is 1. The number of rotatable bonds is 4. The molecule has 1 aliphatic heterocycles. The number of aromatic hydroxyl groups is 1. The molecule has 1 N–H and O–H groups in total. The maximum absolute atomic E-state index is 10.1. The van der Waals surface area contributed by atoms with Crippen LogP contribution in [0, 0.1) is 11.3 Å². The van der Waals surface area contributed by atoms with E-state index in [1.807, 2.05) is 6.92 Å². The summed E-state index contributed by atoms with van der Waals surface area (Å²) < 4.78 is 5.36. The standard InChI is InChI=1S/C18H19N3O2S/c1-3-23-13-5-4-12(16(22)8-13)10-20-18-15(9-19)14-6-7-21(2)11-17(14)24-18/h4-5,8,10,22H,3,6-7,11H2,1-2H3/b20-10+. The van der Waals surface area contributed by atoms with Gasteiger partial charge in [0.2, 0.25) is 0 Å². The van der Waals surface area contributed by atoms with E-state index < -0.39 is 0 Å². The van der Waals surface area contributed by atoms with Crippen molar-refractivity contribution in [3.05, 3.63) is 39.8 Å². The zero-order valence-corrected chi connectivity index (χ0v) is 14.6. The summed E-state index contributed by atoms with van der Waals surface area (Å²) in [6, 6.07) is 7.42. The number of likely N-dealkylation sites (N-methyl/N-ethyl adjacent to an activating group) is 1. The number of phenolic OH excluding ortho intramolecular Hbond substituents is 1. The Morgan fingerprint density at radius 2 is 2.33 bits per heavy atom. The molecule has 5 nitrogen and oxygen atoms in total. The number of thiophene rings is 1. The summed E-state index contributed by atoms with van der Waals surface area (Å²) in [6.07, 6.45) is 2.49. The second-order valence-corrected chi connectivity index (χ2v) is 6.78. The third-order valence-corrected chi connectivity index (χ3v) is 5.10. The van der Waals surface area contributed by atoms with Crippen LogP contribution < -0.4 is 4.74 Å². The van der Waals surface area contributed by atoms with E-state index in [-0.39, 0.29) is 5.75 Å². The molecule has 0 fully saturated rings. The highest BCUT2D eigenvalue weighted by Gasteiger charge is 2.22. The fraction of sp³-hybridized carbons (Fsp3) is 0.333. The van der Waals surface area contributed by atoms with Crippen LogP contribution >= 0.6 is 11.3 Å². The molecule has 1 aromatic carbocycles. The molecule has 24 heavy (non-hydrogen) atoms. The predicted molar refractivity (Wildman–Crippen MR) is 95.6 cm³/mol. The maximum atomic E-state index is 10.1. The molecule has 0 saturated heterocycles. The summed E-state index contributed by atoms with van der Waals surface area (Å²) in [7, 11) is 2.08. The highest BCUT2D eigenvalue weighted by Crippen LogP contribution is 2.38. The summed E-state index contributed by atoms with van der Waals surface area (Å²) in [5.41, 5.74) is 2.40. The summed E-state index contributed by atoms with van der Waals surface area (Å²) in [5, 5.41) is 20.3. The molecule has 0 amide bonds. The first kappa shape index (κ1) is 16.5. The molecule has 6 heteroatoms. The summed E-state index contributed by atoms with van der Waals surface area (Å²) in [6.45, 7) is 4.26. The summed E-state index contributed by atoms with van der Waals surface area (Å²) in [5.74, 6) is 0.740. The lowest BCUT2D eigenvalue weighted by atomic mass is 10.0. The Morgan fingerprint density at radius 3 is 3.04 bits per heavy atom. The molecule has 1 aromatic heterocycles. The molecule has 0 bridgehead atoms. The zero-order valence-electron chi connectivity index (χ0n) is 13.7. The van der Waals surface area contributed by atoms with E-state index in [0.29, 0.717) is 28.5 Å². The molecular formula is C18H19N3O2S. The van der Waals surface area contributed by atoms with Crippen LogP contribution in [0.1, 0.15) is 28.5 Å². The highest BCUT2D eigenvalue weighted by atomic mass is 32.1. The van der Waals surface area contributed by atoms with Crippen molar-refractivity contribution in [2.24, 2.45) is 4.99 Å². The van der Waals surface area contributed by atoms with Crippen LogP contribution in [0.25, 0.3) is 0 Å². The number of benzene rings is 1. The van der Waals surface area contributed by atoms with Crippen molar-refractivity contribution < 1.29 is 9.84 Å². The third-order valence-electron chi connectivity index (χ3n) is 3.97. The Labute approximate surface area is 145 Å². The Bertz CT molecular complexity index is 820. The Kier molecular flexibility index (Phi) is 4.84. The third kappa shape index (κ3) is 3.28. The molecule has 0 radical (unpaired) electrons. The van der Waals surface area contributed by atoms with Crippen molar-refractivity contribution in [1.82, 2.24) is 4.90 Å². The zero-order chi connectivity index (χ0) is 17.1. The van der Waals surface area contributed by atoms with Crippen molar-refractivity contribution in [3.8, 4) is 17.6 Å². The average molecular weight is 341 g/mol. The van der Waals surface area contributed by atoms with Gasteiger partial charge in [0.25, 0.3) is 0 Å². The second kappa shape index (κ2) is 7.04. The van der Waals surface area contributed by atoms with Gasteiger partial charge in [-0.1, -0.05) is 0 Å². The molecule has 2 aromatic rings. The van der Waals surface area contributed by atoms with Crippen LogP contribution in [0.2, 0.25) is 0 Å². The minimum Gasteiger partial charge on any atom is -0.507 e. The van der Waals surface area contributed by atoms with Crippen LogP contribution in [0.5, 0.6) is 11.5 Å². The lowest BCUT2D eigenvalue weighted by Gasteiger charge is -2.21. The minimum atomic E-state index is 0.115. The number of hydrogen-bond acceptors (Lipinski definition) is 6. The van der Waals surface area contributed by atoms with Crippen molar-refractivity contribution in [1.29, 1.82) is 5.26 Å². The number of fused-ring (bicyclic) bond motifs is 1. The van der Waals surface area contributed by atoms with Crippen LogP contribution in [0.15, 0.2) is 23.2 Å². The molecule has 0 unspecified atom stereocenters. The van der Waals surface area contributed by atoms with Crippen LogP contribution in [0.4, 0.5) is 5.00 Å². The van der Waals surface area contributed by atoms with E-state index in [1.54, 1.807) is 35.8 Å². The van der Waals surface area contributed by atoms with E-state index in [9.17, 15) is 10.4 Å². The van der Waals surface area contributed by atoms with E-state index >= 15 is 0 Å². The molecule has 1 aliphatic rings. The Morgan fingerprint density at radius 1 is 1.50 bits per heavy atom. The van der Waals surface area contributed by atoms with Gasteiger partial charge in [-0.3, -0.25) is 0 Å². The van der Waals surface area contributed by atoms with Gasteiger partial charge in [0, 0.05) is 35.8 Å². The van der Waals surface area contributed by atoms with Crippen molar-refractivity contribution in [2.75, 3.05) is 20.2 Å². The number of nitriles is 1. The average Bonchev–Trinajstić information content (AvgIpc) is 2.90. The van der Waals surface area contributed by atoms with E-state index in [1.165, 1.54) is 4.88 Å². The second-order valence-electron chi connectivity index (χ2n) is 5.70. The molecule has 2 heterocycles. The number of nitrogens with zero attached hydrogens (tertiary/aromatic N) is 3. The molecule has 3 rings (SSSR count). The minimum absolute atomic E-state index is 0.115. The Balaban J connectivity index is 1.89. The Hall–Kier alpha value is -2.36. The normalized spacial score (nSPS) is 14.5. The van der Waals surface area contributed by atoms with Crippen molar-refractivity contribution in [3.63, 3.8) is 0 Å². The highest BCUT2D eigenvalue weighted by molar-refractivity contribution is 7.16. The van der Waals surface area contributed by atoms with Gasteiger partial charge in [0.1, 0.15) is 22.6 Å². The molecule has 0 aliphatic carbocycles. The number of aliphatic imine (C=N–C) groups is 1. The van der Waals surface area contributed by atoms with Gasteiger partial charge in [0.05, 0.1) is 12.2 Å². The number of ether oxygens (including phenoxy) is 1. The van der Waals surface area contributed by atoms with Crippen LogP contribution in [-0.4, -0.2) is 36.4 Å². The van der Waals surface area contributed by atoms with E-state index in [4.69, 9.17) is 4.74 Å². The van der Waals surface area contributed by atoms with Crippen molar-refractivity contribution >= 4 is 22.6 Å². The topological polar surface area (TPSA) is 68.8 Å². The van der Waals surface area contributed by atoms with Gasteiger partial charge in [-0.2, -0.15) is 5.26 Å². The first-order valence-corrected chi connectivity index (χ1v) is 8.67. The quantitative estimate of drug-likeness (QED) is 0.865. The van der Waals surface area contributed by atoms with Crippen LogP contribution in [0.3, 0.4) is 0 Å². The molecule has 124 valence electrons. The lowest BCUT2D eigenvalue weighted by molar-refractivity contribution is 0.317. The smallest absolute Gasteiger partial charge is 0.134 e. The molecule has 0 saturated carbocycles. The van der Waals surface area contributed by atoms with E-state index in [0.717, 1.165) is 25.1 Å².